The van der Waals surface area contributed by atoms with Crippen LogP contribution in [-0.4, -0.2) is 43.5 Å². The zero-order chi connectivity index (χ0) is 18.5. The van der Waals surface area contributed by atoms with E-state index in [0.29, 0.717) is 37.9 Å². The number of benzene rings is 1. The van der Waals surface area contributed by atoms with Crippen LogP contribution in [0.4, 0.5) is 0 Å². The maximum atomic E-state index is 12.1. The zero-order valence-electron chi connectivity index (χ0n) is 14.7. The third-order valence-electron chi connectivity index (χ3n) is 3.96. The zero-order valence-corrected chi connectivity index (χ0v) is 15.5. The Kier molecular flexibility index (Phi) is 6.13. The summed E-state index contributed by atoms with van der Waals surface area (Å²) in [7, 11) is 0. The molecule has 1 fully saturated rings. The van der Waals surface area contributed by atoms with Gasteiger partial charge in [0.1, 0.15) is 12.4 Å². The average Bonchev–Trinajstić information content (AvgIpc) is 3.12. The molecule has 3 rings (SSSR count). The molecule has 0 aliphatic carbocycles. The Morgan fingerprint density at radius 1 is 1.31 bits per heavy atom. The topological polar surface area (TPSA) is 82.8 Å². The van der Waals surface area contributed by atoms with E-state index in [2.05, 4.69) is 10.5 Å². The second kappa shape index (κ2) is 8.53. The lowest BCUT2D eigenvalue weighted by Crippen LogP contribution is -2.39. The number of rotatable bonds is 6. The van der Waals surface area contributed by atoms with Crippen molar-refractivity contribution in [1.29, 1.82) is 0 Å². The average molecular weight is 381 g/mol. The van der Waals surface area contributed by atoms with E-state index in [9.17, 15) is 4.79 Å². The van der Waals surface area contributed by atoms with Crippen molar-refractivity contribution in [3.05, 3.63) is 45.8 Å². The minimum atomic E-state index is -0.327. The summed E-state index contributed by atoms with van der Waals surface area (Å²) in [6.45, 7) is 5.96. The van der Waals surface area contributed by atoms with E-state index in [-0.39, 0.29) is 24.3 Å². The van der Waals surface area contributed by atoms with E-state index in [0.717, 1.165) is 16.1 Å². The van der Waals surface area contributed by atoms with Gasteiger partial charge in [-0.25, -0.2) is 0 Å². The fourth-order valence-corrected chi connectivity index (χ4v) is 2.69. The summed E-state index contributed by atoms with van der Waals surface area (Å²) < 4.78 is 21.6. The fourth-order valence-electron chi connectivity index (χ4n) is 2.58. The van der Waals surface area contributed by atoms with Gasteiger partial charge in [0.05, 0.1) is 25.9 Å². The molecule has 140 valence electrons. The third kappa shape index (κ3) is 4.75. The molecule has 1 aromatic carbocycles. The van der Waals surface area contributed by atoms with Crippen LogP contribution in [0.5, 0.6) is 5.75 Å². The Bertz CT molecular complexity index is 748. The fraction of sp³-hybridized carbons (Fsp3) is 0.444. The van der Waals surface area contributed by atoms with Gasteiger partial charge in [-0.1, -0.05) is 16.8 Å². The first-order valence-electron chi connectivity index (χ1n) is 8.35. The summed E-state index contributed by atoms with van der Waals surface area (Å²) in [4.78, 5) is 12.1. The number of carbonyl (C=O) groups is 1. The summed E-state index contributed by atoms with van der Waals surface area (Å²) in [6, 6.07) is 5.26. The minimum Gasteiger partial charge on any atom is -0.486 e. The molecule has 1 aromatic heterocycles. The van der Waals surface area contributed by atoms with Gasteiger partial charge in [-0.2, -0.15) is 0 Å². The molecule has 1 aliphatic heterocycles. The van der Waals surface area contributed by atoms with Crippen molar-refractivity contribution in [3.8, 4) is 5.75 Å². The summed E-state index contributed by atoms with van der Waals surface area (Å²) in [5.74, 6) is 0.811. The molecule has 1 aliphatic rings. The molecule has 26 heavy (non-hydrogen) atoms. The first-order valence-corrected chi connectivity index (χ1v) is 8.73. The second-order valence-electron chi connectivity index (χ2n) is 6.12. The SMILES string of the molecule is Cc1cc(OCc2cc(C(=O)NC[C@H]3COCCO3)no2)cc(C)c1Cl. The van der Waals surface area contributed by atoms with Gasteiger partial charge in [-0.15, -0.1) is 0 Å². The highest BCUT2D eigenvalue weighted by Crippen LogP contribution is 2.26. The van der Waals surface area contributed by atoms with Gasteiger partial charge in [-0.05, 0) is 37.1 Å². The first kappa shape index (κ1) is 18.7. The van der Waals surface area contributed by atoms with Crippen molar-refractivity contribution in [1.82, 2.24) is 10.5 Å². The van der Waals surface area contributed by atoms with Crippen LogP contribution >= 0.6 is 11.6 Å². The molecule has 1 amide bonds. The number of aromatic nitrogens is 1. The van der Waals surface area contributed by atoms with Gasteiger partial charge in [0.15, 0.2) is 11.5 Å². The van der Waals surface area contributed by atoms with E-state index in [4.69, 9.17) is 30.3 Å². The lowest BCUT2D eigenvalue weighted by atomic mass is 10.1. The highest BCUT2D eigenvalue weighted by Gasteiger charge is 2.18. The van der Waals surface area contributed by atoms with Gasteiger partial charge in [0.2, 0.25) is 0 Å². The summed E-state index contributed by atoms with van der Waals surface area (Å²) in [6.07, 6.45) is -0.140. The lowest BCUT2D eigenvalue weighted by Gasteiger charge is -2.22. The number of ether oxygens (including phenoxy) is 3. The Balaban J connectivity index is 1.51. The molecule has 0 bridgehead atoms. The summed E-state index contributed by atoms with van der Waals surface area (Å²) in [5.41, 5.74) is 2.07. The highest BCUT2D eigenvalue weighted by molar-refractivity contribution is 6.32. The molecule has 0 spiro atoms. The lowest BCUT2D eigenvalue weighted by molar-refractivity contribution is -0.0855. The van der Waals surface area contributed by atoms with Crippen LogP contribution in [0.1, 0.15) is 27.4 Å². The third-order valence-corrected chi connectivity index (χ3v) is 4.55. The molecular formula is C18H21ClN2O5. The van der Waals surface area contributed by atoms with Crippen molar-refractivity contribution >= 4 is 17.5 Å². The van der Waals surface area contributed by atoms with Gasteiger partial charge >= 0.3 is 0 Å². The molecule has 0 unspecified atom stereocenters. The molecule has 1 atom stereocenters. The van der Waals surface area contributed by atoms with Crippen molar-refractivity contribution < 1.29 is 23.5 Å². The van der Waals surface area contributed by atoms with Gasteiger partial charge in [0.25, 0.3) is 5.91 Å². The van der Waals surface area contributed by atoms with E-state index in [1.165, 1.54) is 0 Å². The number of carbonyl (C=O) groups excluding carboxylic acids is 1. The Morgan fingerprint density at radius 2 is 2.08 bits per heavy atom. The molecule has 2 aromatic rings. The van der Waals surface area contributed by atoms with E-state index >= 15 is 0 Å². The summed E-state index contributed by atoms with van der Waals surface area (Å²) >= 11 is 6.15. The molecule has 0 radical (unpaired) electrons. The summed E-state index contributed by atoms with van der Waals surface area (Å²) in [5, 5.41) is 7.26. The standard InChI is InChI=1S/C18H21ClN2O5/c1-11-5-13(6-12(2)17(11)19)25-10-14-7-16(21-26-14)18(22)20-8-15-9-23-3-4-24-15/h5-7,15H,3-4,8-10H2,1-2H3,(H,20,22)/t15-/m0/s1. The quantitative estimate of drug-likeness (QED) is 0.829. The molecule has 0 saturated carbocycles. The van der Waals surface area contributed by atoms with E-state index < -0.39 is 0 Å². The Hall–Kier alpha value is -2.09. The van der Waals surface area contributed by atoms with Gasteiger partial charge in [-0.3, -0.25) is 4.79 Å². The molecule has 7 nitrogen and oxygen atoms in total. The Morgan fingerprint density at radius 3 is 2.77 bits per heavy atom. The van der Waals surface area contributed by atoms with Crippen molar-refractivity contribution in [3.63, 3.8) is 0 Å². The van der Waals surface area contributed by atoms with Crippen LogP contribution in [-0.2, 0) is 16.1 Å². The Labute approximate surface area is 156 Å². The number of hydrogen-bond acceptors (Lipinski definition) is 6. The van der Waals surface area contributed by atoms with Crippen molar-refractivity contribution in [2.24, 2.45) is 0 Å². The number of halogens is 1. The molecule has 1 saturated heterocycles. The van der Waals surface area contributed by atoms with Gasteiger partial charge < -0.3 is 24.1 Å². The van der Waals surface area contributed by atoms with Gasteiger partial charge in [0, 0.05) is 17.6 Å². The maximum absolute atomic E-state index is 12.1. The number of nitrogens with zero attached hydrogens (tertiary/aromatic N) is 1. The molecule has 1 N–H and O–H groups in total. The van der Waals surface area contributed by atoms with Crippen LogP contribution in [0.25, 0.3) is 0 Å². The molecule has 8 heteroatoms. The second-order valence-corrected chi connectivity index (χ2v) is 6.49. The van der Waals surface area contributed by atoms with Crippen LogP contribution in [0.2, 0.25) is 5.02 Å². The first-order chi connectivity index (χ1) is 12.5. The number of amides is 1. The largest absolute Gasteiger partial charge is 0.486 e. The maximum Gasteiger partial charge on any atom is 0.273 e. The van der Waals surface area contributed by atoms with Crippen LogP contribution in [0.15, 0.2) is 22.7 Å². The predicted octanol–water partition coefficient (Wildman–Crippen LogP) is 2.67. The predicted molar refractivity (Wildman–Crippen MR) is 94.7 cm³/mol. The minimum absolute atomic E-state index is 0.140. The number of hydrogen-bond donors (Lipinski definition) is 1. The van der Waals surface area contributed by atoms with E-state index in [1.807, 2.05) is 26.0 Å². The van der Waals surface area contributed by atoms with Crippen molar-refractivity contribution in [2.75, 3.05) is 26.4 Å². The normalized spacial score (nSPS) is 17.1. The van der Waals surface area contributed by atoms with Crippen molar-refractivity contribution in [2.45, 2.75) is 26.6 Å². The van der Waals surface area contributed by atoms with Crippen LogP contribution < -0.4 is 10.1 Å². The highest BCUT2D eigenvalue weighted by atomic mass is 35.5. The molecule has 2 heterocycles. The molecular weight excluding hydrogens is 360 g/mol. The van der Waals surface area contributed by atoms with Crippen LogP contribution in [0.3, 0.4) is 0 Å². The van der Waals surface area contributed by atoms with E-state index in [1.54, 1.807) is 6.07 Å². The van der Waals surface area contributed by atoms with Crippen LogP contribution in [0, 0.1) is 13.8 Å². The monoisotopic (exact) mass is 380 g/mol. The number of aryl methyl sites for hydroxylation is 2. The smallest absolute Gasteiger partial charge is 0.273 e. The number of nitrogens with one attached hydrogen (secondary N) is 1.